The van der Waals surface area contributed by atoms with Crippen molar-refractivity contribution in [1.29, 1.82) is 0 Å². The van der Waals surface area contributed by atoms with Crippen LogP contribution in [-0.4, -0.2) is 38.2 Å². The summed E-state index contributed by atoms with van der Waals surface area (Å²) in [6.07, 6.45) is 11.0. The van der Waals surface area contributed by atoms with Gasteiger partial charge in [0.1, 0.15) is 22.9 Å². The number of hydrogen-bond acceptors (Lipinski definition) is 6. The Morgan fingerprint density at radius 2 is 1.97 bits per heavy atom. The van der Waals surface area contributed by atoms with E-state index in [0.29, 0.717) is 28.5 Å². The molecule has 5 rings (SSSR count). The van der Waals surface area contributed by atoms with Crippen molar-refractivity contribution < 1.29 is 4.79 Å². The summed E-state index contributed by atoms with van der Waals surface area (Å²) < 4.78 is 3.44. The fraction of sp³-hybridized carbons (Fsp3) is 0.455. The molecule has 3 N–H and O–H groups in total. The quantitative estimate of drug-likeness (QED) is 0.565. The van der Waals surface area contributed by atoms with E-state index in [1.165, 1.54) is 12.6 Å². The summed E-state index contributed by atoms with van der Waals surface area (Å²) in [5, 5.41) is 13.6. The Balaban J connectivity index is 1.49. The highest BCUT2D eigenvalue weighted by Crippen LogP contribution is 2.27. The van der Waals surface area contributed by atoms with Crippen LogP contribution in [0.3, 0.4) is 0 Å². The van der Waals surface area contributed by atoms with Crippen molar-refractivity contribution in [2.75, 3.05) is 17.7 Å². The second kappa shape index (κ2) is 8.05. The van der Waals surface area contributed by atoms with E-state index < -0.39 is 0 Å². The maximum atomic E-state index is 13.1. The number of fused-ring (bicyclic) bond motifs is 1. The van der Waals surface area contributed by atoms with Crippen LogP contribution >= 0.6 is 0 Å². The lowest BCUT2D eigenvalue weighted by Gasteiger charge is -2.24. The van der Waals surface area contributed by atoms with Gasteiger partial charge in [-0.3, -0.25) is 9.59 Å². The van der Waals surface area contributed by atoms with Gasteiger partial charge in [-0.05, 0) is 37.8 Å². The van der Waals surface area contributed by atoms with Crippen LogP contribution in [0.4, 0.5) is 17.3 Å². The van der Waals surface area contributed by atoms with Crippen LogP contribution in [0.25, 0.3) is 5.65 Å². The van der Waals surface area contributed by atoms with Gasteiger partial charge in [0.15, 0.2) is 5.65 Å². The topological polar surface area (TPSA) is 105 Å². The van der Waals surface area contributed by atoms with E-state index in [4.69, 9.17) is 0 Å². The van der Waals surface area contributed by atoms with Crippen molar-refractivity contribution in [3.63, 3.8) is 0 Å². The van der Waals surface area contributed by atoms with Crippen molar-refractivity contribution in [3.05, 3.63) is 46.5 Å². The van der Waals surface area contributed by atoms with Gasteiger partial charge in [0.25, 0.3) is 11.5 Å². The van der Waals surface area contributed by atoms with E-state index in [-0.39, 0.29) is 23.6 Å². The zero-order valence-electron chi connectivity index (χ0n) is 17.6. The molecule has 0 unspecified atom stereocenters. The van der Waals surface area contributed by atoms with Gasteiger partial charge in [0.05, 0.1) is 6.20 Å². The van der Waals surface area contributed by atoms with Crippen LogP contribution in [0.5, 0.6) is 0 Å². The summed E-state index contributed by atoms with van der Waals surface area (Å²) in [5.41, 5.74) is 1.27. The molecule has 2 aliphatic rings. The van der Waals surface area contributed by atoms with Crippen molar-refractivity contribution in [1.82, 2.24) is 24.5 Å². The number of amides is 1. The molecule has 2 aliphatic carbocycles. The standard InChI is InChI=1S/C22H27N7O2/c1-23-19-12-18(27-20-16(13-24-29(19)20)21(30)25-14-9-10-14)26-17-8-5-11-28(22(17)31)15-6-3-2-4-7-15/h5,8,11-15,23H,2-4,6-7,9-10H2,1H3,(H,25,30)(H,26,27). The van der Waals surface area contributed by atoms with E-state index in [1.54, 1.807) is 23.7 Å². The molecule has 3 aromatic rings. The van der Waals surface area contributed by atoms with E-state index in [1.807, 2.05) is 16.8 Å². The van der Waals surface area contributed by atoms with Gasteiger partial charge in [-0.25, -0.2) is 4.98 Å². The smallest absolute Gasteiger partial charge is 0.274 e. The third-order valence-corrected chi connectivity index (χ3v) is 6.09. The Morgan fingerprint density at radius 1 is 1.16 bits per heavy atom. The number of nitrogens with zero attached hydrogens (tertiary/aromatic N) is 4. The van der Waals surface area contributed by atoms with E-state index in [0.717, 1.165) is 38.5 Å². The number of anilines is 3. The molecule has 0 saturated heterocycles. The number of aromatic nitrogens is 4. The molecular weight excluding hydrogens is 394 g/mol. The molecule has 9 nitrogen and oxygen atoms in total. The van der Waals surface area contributed by atoms with Crippen LogP contribution in [0.2, 0.25) is 0 Å². The molecule has 0 radical (unpaired) electrons. The molecule has 0 aliphatic heterocycles. The summed E-state index contributed by atoms with van der Waals surface area (Å²) >= 11 is 0. The molecule has 3 heterocycles. The van der Waals surface area contributed by atoms with Gasteiger partial charge < -0.3 is 20.5 Å². The highest BCUT2D eigenvalue weighted by molar-refractivity contribution is 6.00. The Morgan fingerprint density at radius 3 is 2.71 bits per heavy atom. The summed E-state index contributed by atoms with van der Waals surface area (Å²) in [6.45, 7) is 0. The van der Waals surface area contributed by atoms with Crippen LogP contribution in [-0.2, 0) is 0 Å². The predicted molar refractivity (Wildman–Crippen MR) is 119 cm³/mol. The fourth-order valence-electron chi connectivity index (χ4n) is 4.25. The Hall–Kier alpha value is -3.36. The lowest BCUT2D eigenvalue weighted by molar-refractivity contribution is 0.0952. The number of hydrogen-bond donors (Lipinski definition) is 3. The SMILES string of the molecule is CNc1cc(Nc2cccn(C3CCCCC3)c2=O)nc2c(C(=O)NC3CC3)cnn12. The average molecular weight is 422 g/mol. The molecule has 0 atom stereocenters. The summed E-state index contributed by atoms with van der Waals surface area (Å²) in [6, 6.07) is 5.93. The summed E-state index contributed by atoms with van der Waals surface area (Å²) in [4.78, 5) is 30.3. The number of rotatable bonds is 6. The second-order valence-electron chi connectivity index (χ2n) is 8.37. The second-order valence-corrected chi connectivity index (χ2v) is 8.37. The fourth-order valence-corrected chi connectivity index (χ4v) is 4.25. The lowest BCUT2D eigenvalue weighted by Crippen LogP contribution is -2.27. The van der Waals surface area contributed by atoms with Crippen LogP contribution in [0, 0.1) is 0 Å². The highest BCUT2D eigenvalue weighted by atomic mass is 16.2. The highest BCUT2D eigenvalue weighted by Gasteiger charge is 2.26. The maximum absolute atomic E-state index is 13.1. The average Bonchev–Trinajstić information content (AvgIpc) is 3.50. The van der Waals surface area contributed by atoms with Gasteiger partial charge in [0.2, 0.25) is 0 Å². The van der Waals surface area contributed by atoms with Gasteiger partial charge >= 0.3 is 0 Å². The van der Waals surface area contributed by atoms with Crippen LogP contribution in [0.1, 0.15) is 61.3 Å². The Bertz CT molecular complexity index is 1170. The molecule has 9 heteroatoms. The number of carbonyl (C=O) groups is 1. The van der Waals surface area contributed by atoms with Crippen LogP contribution in [0.15, 0.2) is 35.4 Å². The van der Waals surface area contributed by atoms with E-state index >= 15 is 0 Å². The minimum atomic E-state index is -0.177. The molecule has 0 bridgehead atoms. The predicted octanol–water partition coefficient (Wildman–Crippen LogP) is 3.07. The zero-order chi connectivity index (χ0) is 21.4. The molecule has 0 spiro atoms. The van der Waals surface area contributed by atoms with E-state index in [9.17, 15) is 9.59 Å². The van der Waals surface area contributed by atoms with Crippen molar-refractivity contribution in [2.45, 2.75) is 57.0 Å². The molecule has 2 fully saturated rings. The molecule has 0 aromatic carbocycles. The summed E-state index contributed by atoms with van der Waals surface area (Å²) in [5.74, 6) is 0.974. The zero-order valence-corrected chi connectivity index (χ0v) is 17.6. The lowest BCUT2D eigenvalue weighted by atomic mass is 9.95. The number of pyridine rings is 1. The normalized spacial score (nSPS) is 16.9. The van der Waals surface area contributed by atoms with Gasteiger partial charge in [0, 0.05) is 31.4 Å². The first-order valence-corrected chi connectivity index (χ1v) is 11.0. The van der Waals surface area contributed by atoms with E-state index in [2.05, 4.69) is 26.0 Å². The molecular formula is C22H27N7O2. The monoisotopic (exact) mass is 421 g/mol. The molecule has 162 valence electrons. The van der Waals surface area contributed by atoms with Crippen LogP contribution < -0.4 is 21.5 Å². The number of nitrogens with one attached hydrogen (secondary N) is 3. The minimum absolute atomic E-state index is 0.0534. The molecule has 3 aromatic heterocycles. The first kappa shape index (κ1) is 19.6. The minimum Gasteiger partial charge on any atom is -0.373 e. The third-order valence-electron chi connectivity index (χ3n) is 6.09. The van der Waals surface area contributed by atoms with Gasteiger partial charge in [-0.2, -0.15) is 9.61 Å². The third kappa shape index (κ3) is 3.87. The van der Waals surface area contributed by atoms with Gasteiger partial charge in [-0.15, -0.1) is 0 Å². The maximum Gasteiger partial charge on any atom is 0.274 e. The van der Waals surface area contributed by atoms with Crippen molar-refractivity contribution in [3.8, 4) is 0 Å². The molecule has 31 heavy (non-hydrogen) atoms. The summed E-state index contributed by atoms with van der Waals surface area (Å²) in [7, 11) is 1.78. The number of carbonyl (C=O) groups excluding carboxylic acids is 1. The van der Waals surface area contributed by atoms with Crippen molar-refractivity contribution in [2.24, 2.45) is 0 Å². The molecule has 1 amide bonds. The largest absolute Gasteiger partial charge is 0.373 e. The first-order valence-electron chi connectivity index (χ1n) is 11.0. The van der Waals surface area contributed by atoms with Crippen molar-refractivity contribution >= 4 is 28.9 Å². The first-order chi connectivity index (χ1) is 15.1. The molecule has 2 saturated carbocycles. The van der Waals surface area contributed by atoms with Gasteiger partial charge in [-0.1, -0.05) is 19.3 Å². The Labute approximate surface area is 179 Å². The Kier molecular flexibility index (Phi) is 5.09.